The molecule has 0 radical (unpaired) electrons. The maximum atomic E-state index is 10.8. The molecule has 0 unspecified atom stereocenters. The molecule has 1 amide bonds. The second-order valence-electron chi connectivity index (χ2n) is 4.14. The normalized spacial score (nSPS) is 10.4. The highest BCUT2D eigenvalue weighted by Gasteiger charge is 2.10. The molecule has 0 aromatic heterocycles. The minimum Gasteiger partial charge on any atom is -0.483 e. The van der Waals surface area contributed by atoms with Crippen molar-refractivity contribution in [2.24, 2.45) is 5.73 Å². The first-order valence-electron chi connectivity index (χ1n) is 5.95. The molecule has 1 aromatic carbocycles. The minimum atomic E-state index is -0.468. The van der Waals surface area contributed by atoms with Gasteiger partial charge in [-0.2, -0.15) is 0 Å². The zero-order chi connectivity index (χ0) is 13.5. The number of ether oxygens (including phenoxy) is 1. The monoisotopic (exact) mass is 314 g/mol. The standard InChI is InChI=1S/C13H19BrN2O2/c1-3-4-16-7-10-6-11(14)5-9(2)13(10)18-8-12(15)17/h5-6,16H,3-4,7-8H2,1-2H3,(H2,15,17). The van der Waals surface area contributed by atoms with E-state index in [9.17, 15) is 4.79 Å². The van der Waals surface area contributed by atoms with Crippen LogP contribution in [0.1, 0.15) is 24.5 Å². The molecular weight excluding hydrogens is 296 g/mol. The van der Waals surface area contributed by atoms with E-state index in [1.54, 1.807) is 0 Å². The molecule has 5 heteroatoms. The van der Waals surface area contributed by atoms with Gasteiger partial charge in [0.1, 0.15) is 5.75 Å². The van der Waals surface area contributed by atoms with Gasteiger partial charge < -0.3 is 15.8 Å². The van der Waals surface area contributed by atoms with Crippen molar-refractivity contribution in [1.82, 2.24) is 5.32 Å². The van der Waals surface area contributed by atoms with Crippen LogP contribution in [0.4, 0.5) is 0 Å². The number of aryl methyl sites for hydroxylation is 1. The second kappa shape index (κ2) is 7.38. The van der Waals surface area contributed by atoms with Crippen LogP contribution in [0.25, 0.3) is 0 Å². The Labute approximate surface area is 116 Å². The van der Waals surface area contributed by atoms with Crippen LogP contribution in [0.2, 0.25) is 0 Å². The summed E-state index contributed by atoms with van der Waals surface area (Å²) in [6, 6.07) is 3.95. The van der Waals surface area contributed by atoms with Crippen molar-refractivity contribution < 1.29 is 9.53 Å². The molecule has 0 atom stereocenters. The Morgan fingerprint density at radius 1 is 1.50 bits per heavy atom. The molecule has 4 nitrogen and oxygen atoms in total. The summed E-state index contributed by atoms with van der Waals surface area (Å²) in [4.78, 5) is 10.8. The Balaban J connectivity index is 2.86. The van der Waals surface area contributed by atoms with Gasteiger partial charge in [0.05, 0.1) is 0 Å². The first-order chi connectivity index (χ1) is 8.54. The van der Waals surface area contributed by atoms with Crippen LogP contribution in [-0.4, -0.2) is 19.1 Å². The largest absolute Gasteiger partial charge is 0.483 e. The van der Waals surface area contributed by atoms with Crippen LogP contribution >= 0.6 is 15.9 Å². The van der Waals surface area contributed by atoms with E-state index in [2.05, 4.69) is 28.2 Å². The molecular formula is C13H19BrN2O2. The van der Waals surface area contributed by atoms with Crippen LogP contribution in [0, 0.1) is 6.92 Å². The molecule has 1 aromatic rings. The van der Waals surface area contributed by atoms with Gasteiger partial charge >= 0.3 is 0 Å². The summed E-state index contributed by atoms with van der Waals surface area (Å²) < 4.78 is 6.48. The number of benzene rings is 1. The van der Waals surface area contributed by atoms with E-state index in [1.807, 2.05) is 19.1 Å². The summed E-state index contributed by atoms with van der Waals surface area (Å²) in [5, 5.41) is 3.32. The summed E-state index contributed by atoms with van der Waals surface area (Å²) in [5.41, 5.74) is 7.11. The van der Waals surface area contributed by atoms with Crippen LogP contribution in [0.3, 0.4) is 0 Å². The second-order valence-corrected chi connectivity index (χ2v) is 5.06. The van der Waals surface area contributed by atoms with Gasteiger partial charge in [0.25, 0.3) is 5.91 Å². The molecule has 3 N–H and O–H groups in total. The summed E-state index contributed by atoms with van der Waals surface area (Å²) in [5.74, 6) is 0.269. The molecule has 0 bridgehead atoms. The van der Waals surface area contributed by atoms with Crippen molar-refractivity contribution in [3.8, 4) is 5.75 Å². The molecule has 0 fully saturated rings. The van der Waals surface area contributed by atoms with Crippen LogP contribution in [-0.2, 0) is 11.3 Å². The molecule has 0 spiro atoms. The maximum Gasteiger partial charge on any atom is 0.255 e. The first-order valence-corrected chi connectivity index (χ1v) is 6.74. The van der Waals surface area contributed by atoms with Gasteiger partial charge in [-0.3, -0.25) is 4.79 Å². The van der Waals surface area contributed by atoms with Gasteiger partial charge in [0.15, 0.2) is 6.61 Å². The fraction of sp³-hybridized carbons (Fsp3) is 0.462. The molecule has 0 aliphatic rings. The number of carbonyl (C=O) groups is 1. The first kappa shape index (κ1) is 15.0. The van der Waals surface area contributed by atoms with Gasteiger partial charge in [-0.25, -0.2) is 0 Å². The van der Waals surface area contributed by atoms with Gasteiger partial charge in [-0.15, -0.1) is 0 Å². The van der Waals surface area contributed by atoms with E-state index in [-0.39, 0.29) is 6.61 Å². The molecule has 100 valence electrons. The van der Waals surface area contributed by atoms with Crippen LogP contribution in [0.15, 0.2) is 16.6 Å². The number of carbonyl (C=O) groups excluding carboxylic acids is 1. The fourth-order valence-corrected chi connectivity index (χ4v) is 2.30. The van der Waals surface area contributed by atoms with Gasteiger partial charge in [-0.1, -0.05) is 22.9 Å². The SMILES string of the molecule is CCCNCc1cc(Br)cc(C)c1OCC(N)=O. The number of rotatable bonds is 7. The number of hydrogen-bond acceptors (Lipinski definition) is 3. The summed E-state index contributed by atoms with van der Waals surface area (Å²) in [6.07, 6.45) is 1.07. The molecule has 0 aliphatic heterocycles. The van der Waals surface area contributed by atoms with E-state index >= 15 is 0 Å². The lowest BCUT2D eigenvalue weighted by atomic mass is 10.1. The van der Waals surface area contributed by atoms with Crippen LogP contribution in [0.5, 0.6) is 5.75 Å². The molecule has 1 rings (SSSR count). The fourth-order valence-electron chi connectivity index (χ4n) is 1.68. The third-order valence-electron chi connectivity index (χ3n) is 2.42. The van der Waals surface area contributed by atoms with Crippen molar-refractivity contribution in [2.45, 2.75) is 26.8 Å². The van der Waals surface area contributed by atoms with E-state index in [0.717, 1.165) is 34.3 Å². The topological polar surface area (TPSA) is 64.3 Å². The lowest BCUT2D eigenvalue weighted by Crippen LogP contribution is -2.21. The Morgan fingerprint density at radius 3 is 2.83 bits per heavy atom. The number of halogens is 1. The predicted molar refractivity (Wildman–Crippen MR) is 75.6 cm³/mol. The summed E-state index contributed by atoms with van der Waals surface area (Å²) in [7, 11) is 0. The number of nitrogens with one attached hydrogen (secondary N) is 1. The Kier molecular flexibility index (Phi) is 6.15. The molecule has 18 heavy (non-hydrogen) atoms. The van der Waals surface area contributed by atoms with Crippen molar-refractivity contribution in [3.05, 3.63) is 27.7 Å². The van der Waals surface area contributed by atoms with Crippen molar-refractivity contribution in [2.75, 3.05) is 13.2 Å². The average Bonchev–Trinajstić information content (AvgIpc) is 2.27. The molecule has 0 saturated heterocycles. The van der Waals surface area contributed by atoms with E-state index < -0.39 is 5.91 Å². The smallest absolute Gasteiger partial charge is 0.255 e. The predicted octanol–water partition coefficient (Wildman–Crippen LogP) is 2.12. The number of amides is 1. The Morgan fingerprint density at radius 2 is 2.22 bits per heavy atom. The number of primary amides is 1. The molecule has 0 aliphatic carbocycles. The van der Waals surface area contributed by atoms with E-state index in [0.29, 0.717) is 6.54 Å². The highest BCUT2D eigenvalue weighted by molar-refractivity contribution is 9.10. The van der Waals surface area contributed by atoms with E-state index in [1.165, 1.54) is 0 Å². The van der Waals surface area contributed by atoms with Crippen molar-refractivity contribution >= 4 is 21.8 Å². The van der Waals surface area contributed by atoms with Crippen molar-refractivity contribution in [1.29, 1.82) is 0 Å². The third kappa shape index (κ3) is 4.66. The van der Waals surface area contributed by atoms with E-state index in [4.69, 9.17) is 10.5 Å². The zero-order valence-electron chi connectivity index (χ0n) is 10.8. The van der Waals surface area contributed by atoms with Gasteiger partial charge in [0.2, 0.25) is 0 Å². The Bertz CT molecular complexity index is 422. The van der Waals surface area contributed by atoms with Gasteiger partial charge in [0, 0.05) is 16.6 Å². The highest BCUT2D eigenvalue weighted by atomic mass is 79.9. The van der Waals surface area contributed by atoms with Gasteiger partial charge in [-0.05, 0) is 37.6 Å². The summed E-state index contributed by atoms with van der Waals surface area (Å²) in [6.45, 7) is 5.63. The quantitative estimate of drug-likeness (QED) is 0.758. The number of hydrogen-bond donors (Lipinski definition) is 2. The third-order valence-corrected chi connectivity index (χ3v) is 2.88. The average molecular weight is 315 g/mol. The maximum absolute atomic E-state index is 10.8. The summed E-state index contributed by atoms with van der Waals surface area (Å²) >= 11 is 3.46. The number of nitrogens with two attached hydrogens (primary N) is 1. The zero-order valence-corrected chi connectivity index (χ0v) is 12.3. The minimum absolute atomic E-state index is 0.0940. The van der Waals surface area contributed by atoms with Crippen molar-refractivity contribution in [3.63, 3.8) is 0 Å². The highest BCUT2D eigenvalue weighted by Crippen LogP contribution is 2.28. The molecule has 0 heterocycles. The molecule has 0 saturated carbocycles. The lowest BCUT2D eigenvalue weighted by Gasteiger charge is -2.14. The Hall–Kier alpha value is -1.07. The lowest BCUT2D eigenvalue weighted by molar-refractivity contribution is -0.119. The van der Waals surface area contributed by atoms with Crippen LogP contribution < -0.4 is 15.8 Å².